The number of hydrogen-bond acceptors (Lipinski definition) is 1. The van der Waals surface area contributed by atoms with Crippen LogP contribution in [0.1, 0.15) is 26.3 Å². The number of nitrogens with two attached hydrogens (primary N) is 1. The fourth-order valence-corrected chi connectivity index (χ4v) is 1.99. The highest BCUT2D eigenvalue weighted by atomic mass is 79.9. The van der Waals surface area contributed by atoms with Crippen molar-refractivity contribution in [2.45, 2.75) is 26.2 Å². The van der Waals surface area contributed by atoms with E-state index in [-0.39, 0.29) is 5.41 Å². The number of anilines is 1. The Bertz CT molecular complexity index is 286. The molecule has 0 saturated heterocycles. The van der Waals surface area contributed by atoms with E-state index in [4.69, 9.17) is 5.73 Å². The van der Waals surface area contributed by atoms with Gasteiger partial charge in [0.25, 0.3) is 0 Å². The van der Waals surface area contributed by atoms with Gasteiger partial charge in [-0.2, -0.15) is 0 Å². The molecular weight excluding hydrogens is 214 g/mol. The first-order valence-corrected chi connectivity index (χ1v) is 4.76. The summed E-state index contributed by atoms with van der Waals surface area (Å²) in [6.45, 7) is 6.52. The lowest BCUT2D eigenvalue weighted by molar-refractivity contribution is 0.587. The van der Waals surface area contributed by atoms with Crippen molar-refractivity contribution in [3.8, 4) is 0 Å². The van der Waals surface area contributed by atoms with E-state index in [0.717, 1.165) is 10.2 Å². The van der Waals surface area contributed by atoms with E-state index >= 15 is 0 Å². The van der Waals surface area contributed by atoms with Gasteiger partial charge in [0.1, 0.15) is 0 Å². The molecule has 0 amide bonds. The third-order valence-corrected chi connectivity index (χ3v) is 2.72. The highest BCUT2D eigenvalue weighted by Crippen LogP contribution is 2.32. The van der Waals surface area contributed by atoms with Crippen molar-refractivity contribution in [3.05, 3.63) is 28.2 Å². The van der Waals surface area contributed by atoms with Gasteiger partial charge < -0.3 is 5.73 Å². The summed E-state index contributed by atoms with van der Waals surface area (Å²) in [5, 5.41) is 0. The summed E-state index contributed by atoms with van der Waals surface area (Å²) in [5.74, 6) is 0. The quantitative estimate of drug-likeness (QED) is 0.677. The molecule has 0 radical (unpaired) electrons. The van der Waals surface area contributed by atoms with Gasteiger partial charge in [-0.05, 0) is 33.0 Å². The van der Waals surface area contributed by atoms with Gasteiger partial charge in [-0.15, -0.1) is 0 Å². The van der Waals surface area contributed by atoms with E-state index < -0.39 is 0 Å². The maximum Gasteiger partial charge on any atom is 0.0461 e. The lowest BCUT2D eigenvalue weighted by Crippen LogP contribution is -2.12. The van der Waals surface area contributed by atoms with Crippen LogP contribution in [0, 0.1) is 0 Å². The Morgan fingerprint density at radius 1 is 1.25 bits per heavy atom. The van der Waals surface area contributed by atoms with Gasteiger partial charge in [-0.3, -0.25) is 0 Å². The highest BCUT2D eigenvalue weighted by molar-refractivity contribution is 9.10. The van der Waals surface area contributed by atoms with Gasteiger partial charge in [0, 0.05) is 10.2 Å². The summed E-state index contributed by atoms with van der Waals surface area (Å²) in [5.41, 5.74) is 7.98. The molecule has 0 spiro atoms. The standard InChI is InChI=1S/C10H14BrN/c1-10(2,3)7-5-4-6-8(12)9(7)11/h4-6H,12H2,1-3H3. The maximum absolute atomic E-state index is 5.77. The number of rotatable bonds is 0. The lowest BCUT2D eigenvalue weighted by Gasteiger charge is -2.21. The molecule has 0 aliphatic rings. The van der Waals surface area contributed by atoms with Crippen molar-refractivity contribution >= 4 is 21.6 Å². The lowest BCUT2D eigenvalue weighted by atomic mass is 9.87. The van der Waals surface area contributed by atoms with Gasteiger partial charge >= 0.3 is 0 Å². The summed E-state index contributed by atoms with van der Waals surface area (Å²) in [6.07, 6.45) is 0. The molecule has 66 valence electrons. The zero-order chi connectivity index (χ0) is 9.35. The Morgan fingerprint density at radius 2 is 1.83 bits per heavy atom. The van der Waals surface area contributed by atoms with E-state index in [1.165, 1.54) is 5.56 Å². The first-order chi connectivity index (χ1) is 5.43. The number of benzene rings is 1. The van der Waals surface area contributed by atoms with Crippen LogP contribution < -0.4 is 5.73 Å². The Kier molecular flexibility index (Phi) is 2.47. The first kappa shape index (κ1) is 9.59. The Labute approximate surface area is 82.1 Å². The summed E-state index contributed by atoms with van der Waals surface area (Å²) < 4.78 is 1.03. The molecule has 0 unspecified atom stereocenters. The minimum Gasteiger partial charge on any atom is -0.398 e. The van der Waals surface area contributed by atoms with Crippen LogP contribution in [0.15, 0.2) is 22.7 Å². The van der Waals surface area contributed by atoms with Crippen molar-refractivity contribution in [2.75, 3.05) is 5.73 Å². The normalized spacial score (nSPS) is 11.7. The summed E-state index contributed by atoms with van der Waals surface area (Å²) >= 11 is 3.49. The Balaban J connectivity index is 3.26. The molecule has 0 aromatic heterocycles. The second kappa shape index (κ2) is 3.09. The molecule has 0 atom stereocenters. The van der Waals surface area contributed by atoms with Gasteiger partial charge in [0.05, 0.1) is 0 Å². The van der Waals surface area contributed by atoms with E-state index in [1.54, 1.807) is 0 Å². The van der Waals surface area contributed by atoms with Crippen LogP contribution >= 0.6 is 15.9 Å². The van der Waals surface area contributed by atoms with Crippen LogP contribution in [0.2, 0.25) is 0 Å². The van der Waals surface area contributed by atoms with Crippen molar-refractivity contribution in [2.24, 2.45) is 0 Å². The minimum absolute atomic E-state index is 0.147. The average Bonchev–Trinajstić information content (AvgIpc) is 1.92. The second-order valence-electron chi connectivity index (χ2n) is 3.96. The van der Waals surface area contributed by atoms with Crippen LogP contribution in [-0.4, -0.2) is 0 Å². The van der Waals surface area contributed by atoms with Crippen LogP contribution in [0.4, 0.5) is 5.69 Å². The highest BCUT2D eigenvalue weighted by Gasteiger charge is 2.17. The van der Waals surface area contributed by atoms with Gasteiger partial charge in [0.2, 0.25) is 0 Å². The SMILES string of the molecule is CC(C)(C)c1cccc(N)c1Br. The largest absolute Gasteiger partial charge is 0.398 e. The summed E-state index contributed by atoms with van der Waals surface area (Å²) in [6, 6.07) is 5.99. The predicted molar refractivity (Wildman–Crippen MR) is 57.3 cm³/mol. The van der Waals surface area contributed by atoms with Crippen LogP contribution in [0.3, 0.4) is 0 Å². The number of halogens is 1. The van der Waals surface area contributed by atoms with Crippen LogP contribution in [-0.2, 0) is 5.41 Å². The van der Waals surface area contributed by atoms with Crippen molar-refractivity contribution in [1.29, 1.82) is 0 Å². The van der Waals surface area contributed by atoms with Gasteiger partial charge in [-0.1, -0.05) is 32.9 Å². The molecule has 1 aromatic carbocycles. The molecular formula is C10H14BrN. The zero-order valence-electron chi connectivity index (χ0n) is 7.69. The van der Waals surface area contributed by atoms with Crippen molar-refractivity contribution in [1.82, 2.24) is 0 Å². The molecule has 0 fully saturated rings. The molecule has 1 aromatic rings. The average molecular weight is 228 g/mol. The molecule has 0 heterocycles. The van der Waals surface area contributed by atoms with Crippen LogP contribution in [0.25, 0.3) is 0 Å². The van der Waals surface area contributed by atoms with Gasteiger partial charge in [0.15, 0.2) is 0 Å². The smallest absolute Gasteiger partial charge is 0.0461 e. The minimum atomic E-state index is 0.147. The second-order valence-corrected chi connectivity index (χ2v) is 4.75. The number of nitrogen functional groups attached to an aromatic ring is 1. The van der Waals surface area contributed by atoms with E-state index in [9.17, 15) is 0 Å². The number of hydrogen-bond donors (Lipinski definition) is 1. The van der Waals surface area contributed by atoms with E-state index in [1.807, 2.05) is 12.1 Å². The van der Waals surface area contributed by atoms with E-state index in [0.29, 0.717) is 0 Å². The molecule has 0 aliphatic heterocycles. The maximum atomic E-state index is 5.77. The first-order valence-electron chi connectivity index (χ1n) is 3.97. The van der Waals surface area contributed by atoms with E-state index in [2.05, 4.69) is 42.8 Å². The van der Waals surface area contributed by atoms with Crippen LogP contribution in [0.5, 0.6) is 0 Å². The molecule has 2 heteroatoms. The molecule has 0 saturated carbocycles. The Morgan fingerprint density at radius 3 is 2.25 bits per heavy atom. The molecule has 0 bridgehead atoms. The molecule has 1 rings (SSSR count). The monoisotopic (exact) mass is 227 g/mol. The molecule has 12 heavy (non-hydrogen) atoms. The third-order valence-electron chi connectivity index (χ3n) is 1.84. The van der Waals surface area contributed by atoms with Crippen molar-refractivity contribution in [3.63, 3.8) is 0 Å². The fraction of sp³-hybridized carbons (Fsp3) is 0.400. The zero-order valence-corrected chi connectivity index (χ0v) is 9.27. The topological polar surface area (TPSA) is 26.0 Å². The summed E-state index contributed by atoms with van der Waals surface area (Å²) in [7, 11) is 0. The third kappa shape index (κ3) is 1.81. The van der Waals surface area contributed by atoms with Gasteiger partial charge in [-0.25, -0.2) is 0 Å². The fourth-order valence-electron chi connectivity index (χ4n) is 1.13. The Hall–Kier alpha value is -0.500. The summed E-state index contributed by atoms with van der Waals surface area (Å²) in [4.78, 5) is 0. The van der Waals surface area contributed by atoms with Crippen molar-refractivity contribution < 1.29 is 0 Å². The molecule has 0 aliphatic carbocycles. The molecule has 1 nitrogen and oxygen atoms in total. The predicted octanol–water partition coefficient (Wildman–Crippen LogP) is 3.33. The molecule has 2 N–H and O–H groups in total.